The summed E-state index contributed by atoms with van der Waals surface area (Å²) >= 11 is 0. The molecule has 0 aromatic heterocycles. The molecule has 0 spiro atoms. The summed E-state index contributed by atoms with van der Waals surface area (Å²) in [6.07, 6.45) is 1.73. The third kappa shape index (κ3) is 4.06. The Balaban J connectivity index is 2.04. The summed E-state index contributed by atoms with van der Waals surface area (Å²) in [6, 6.07) is 7.36. The highest BCUT2D eigenvalue weighted by Crippen LogP contribution is 2.22. The van der Waals surface area contributed by atoms with Gasteiger partial charge in [0.15, 0.2) is 5.78 Å². The molecule has 3 N–H and O–H groups in total. The summed E-state index contributed by atoms with van der Waals surface area (Å²) in [4.78, 5) is 24.7. The number of nitrogens with one attached hydrogen (secondary N) is 1. The second kappa shape index (κ2) is 7.05. The van der Waals surface area contributed by atoms with Gasteiger partial charge in [-0.3, -0.25) is 14.5 Å². The monoisotopic (exact) mass is 300 g/mol. The highest BCUT2D eigenvalue weighted by atomic mass is 16.1. The molecule has 6 heteroatoms. The van der Waals surface area contributed by atoms with Gasteiger partial charge < -0.3 is 11.1 Å². The molecule has 0 unspecified atom stereocenters. The van der Waals surface area contributed by atoms with Crippen LogP contribution in [0.4, 0.5) is 5.69 Å². The van der Waals surface area contributed by atoms with Crippen LogP contribution in [0, 0.1) is 11.3 Å². The Hall–Kier alpha value is -2.39. The number of hydrogen-bond acceptors (Lipinski definition) is 5. The number of carbonyl (C=O) groups is 2. The number of primary amides is 1. The van der Waals surface area contributed by atoms with Crippen LogP contribution in [0.15, 0.2) is 18.2 Å². The number of amides is 1. The van der Waals surface area contributed by atoms with E-state index in [1.807, 2.05) is 4.90 Å². The average Bonchev–Trinajstić information content (AvgIpc) is 2.48. The first kappa shape index (κ1) is 16.0. The van der Waals surface area contributed by atoms with Gasteiger partial charge >= 0.3 is 0 Å². The first-order valence-corrected chi connectivity index (χ1v) is 7.32. The minimum Gasteiger partial charge on any atom is -0.382 e. The number of piperidine rings is 1. The van der Waals surface area contributed by atoms with E-state index in [0.717, 1.165) is 25.9 Å². The van der Waals surface area contributed by atoms with Crippen molar-refractivity contribution in [3.8, 4) is 6.07 Å². The van der Waals surface area contributed by atoms with Crippen molar-refractivity contribution in [2.45, 2.75) is 25.8 Å². The van der Waals surface area contributed by atoms with E-state index < -0.39 is 0 Å². The van der Waals surface area contributed by atoms with Gasteiger partial charge in [-0.15, -0.1) is 0 Å². The lowest BCUT2D eigenvalue weighted by molar-refractivity contribution is -0.119. The topological polar surface area (TPSA) is 99.2 Å². The van der Waals surface area contributed by atoms with E-state index in [4.69, 9.17) is 11.0 Å². The molecule has 1 heterocycles. The van der Waals surface area contributed by atoms with Crippen LogP contribution in [-0.2, 0) is 4.79 Å². The van der Waals surface area contributed by atoms with E-state index in [1.165, 1.54) is 6.92 Å². The number of nitrogens with zero attached hydrogens (tertiary/aromatic N) is 2. The average molecular weight is 300 g/mol. The number of nitrogens with two attached hydrogens (primary N) is 1. The van der Waals surface area contributed by atoms with Crippen molar-refractivity contribution in [3.63, 3.8) is 0 Å². The molecule has 1 aromatic carbocycles. The Kier molecular flexibility index (Phi) is 5.12. The summed E-state index contributed by atoms with van der Waals surface area (Å²) in [5.41, 5.74) is 7.03. The number of benzene rings is 1. The first-order chi connectivity index (χ1) is 10.5. The molecule has 0 atom stereocenters. The maximum absolute atomic E-state index is 11.7. The molecule has 1 aliphatic rings. The first-order valence-electron chi connectivity index (χ1n) is 7.32. The molecule has 6 nitrogen and oxygen atoms in total. The van der Waals surface area contributed by atoms with Gasteiger partial charge in [0.2, 0.25) is 5.91 Å². The van der Waals surface area contributed by atoms with E-state index in [1.54, 1.807) is 18.2 Å². The molecule has 2 rings (SSSR count). The minimum atomic E-state index is -0.313. The van der Waals surface area contributed by atoms with Crippen LogP contribution in [0.3, 0.4) is 0 Å². The Morgan fingerprint density at radius 1 is 1.41 bits per heavy atom. The van der Waals surface area contributed by atoms with Crippen molar-refractivity contribution < 1.29 is 9.59 Å². The summed E-state index contributed by atoms with van der Waals surface area (Å²) in [5.74, 6) is -0.342. The number of carbonyl (C=O) groups excluding carboxylic acids is 2. The van der Waals surface area contributed by atoms with Gasteiger partial charge in [0.1, 0.15) is 0 Å². The molecule has 22 heavy (non-hydrogen) atoms. The molecule has 1 amide bonds. The fourth-order valence-electron chi connectivity index (χ4n) is 2.72. The maximum atomic E-state index is 11.7. The van der Waals surface area contributed by atoms with Crippen LogP contribution >= 0.6 is 0 Å². The lowest BCUT2D eigenvalue weighted by Gasteiger charge is -2.32. The van der Waals surface area contributed by atoms with E-state index in [2.05, 4.69) is 11.4 Å². The Morgan fingerprint density at radius 2 is 2.09 bits per heavy atom. The number of hydrogen-bond donors (Lipinski definition) is 2. The van der Waals surface area contributed by atoms with Crippen molar-refractivity contribution in [1.82, 2.24) is 4.90 Å². The predicted molar refractivity (Wildman–Crippen MR) is 83.4 cm³/mol. The van der Waals surface area contributed by atoms with Gasteiger partial charge in [-0.2, -0.15) is 5.26 Å². The van der Waals surface area contributed by atoms with E-state index in [9.17, 15) is 9.59 Å². The van der Waals surface area contributed by atoms with E-state index in [-0.39, 0.29) is 24.3 Å². The lowest BCUT2D eigenvalue weighted by atomic mass is 10.0. The highest BCUT2D eigenvalue weighted by Gasteiger charge is 2.21. The number of Topliss-reactive ketones (excluding diaryl/α,β-unsaturated/α-hetero) is 1. The molecule has 1 aromatic rings. The SMILES string of the molecule is CC(=O)c1ccc(C#N)cc1NC1CCN(CC(N)=O)CC1. The summed E-state index contributed by atoms with van der Waals surface area (Å²) in [5, 5.41) is 12.4. The zero-order valence-corrected chi connectivity index (χ0v) is 12.6. The van der Waals surface area contributed by atoms with Gasteiger partial charge in [0, 0.05) is 30.4 Å². The van der Waals surface area contributed by atoms with Crippen molar-refractivity contribution in [1.29, 1.82) is 5.26 Å². The van der Waals surface area contributed by atoms with Crippen LogP contribution in [0.25, 0.3) is 0 Å². The summed E-state index contributed by atoms with van der Waals surface area (Å²) in [6.45, 7) is 3.37. The number of nitriles is 1. The van der Waals surface area contributed by atoms with Crippen molar-refractivity contribution >= 4 is 17.4 Å². The number of likely N-dealkylation sites (tertiary alicyclic amines) is 1. The number of rotatable bonds is 5. The van der Waals surface area contributed by atoms with Crippen LogP contribution in [0.2, 0.25) is 0 Å². The van der Waals surface area contributed by atoms with Crippen LogP contribution in [-0.4, -0.2) is 42.3 Å². The zero-order chi connectivity index (χ0) is 16.1. The van der Waals surface area contributed by atoms with Gasteiger partial charge in [-0.05, 0) is 38.0 Å². The minimum absolute atomic E-state index is 0.0295. The van der Waals surface area contributed by atoms with Crippen LogP contribution in [0.1, 0.15) is 35.7 Å². The largest absolute Gasteiger partial charge is 0.382 e. The Bertz CT molecular complexity index is 613. The lowest BCUT2D eigenvalue weighted by Crippen LogP contribution is -2.43. The van der Waals surface area contributed by atoms with E-state index in [0.29, 0.717) is 16.8 Å². The molecule has 0 saturated carbocycles. The van der Waals surface area contributed by atoms with Crippen molar-refractivity contribution in [3.05, 3.63) is 29.3 Å². The summed E-state index contributed by atoms with van der Waals surface area (Å²) < 4.78 is 0. The zero-order valence-electron chi connectivity index (χ0n) is 12.6. The van der Waals surface area contributed by atoms with Crippen LogP contribution in [0.5, 0.6) is 0 Å². The van der Waals surface area contributed by atoms with Gasteiger partial charge in [0.05, 0.1) is 18.2 Å². The highest BCUT2D eigenvalue weighted by molar-refractivity contribution is 5.99. The smallest absolute Gasteiger partial charge is 0.231 e. The van der Waals surface area contributed by atoms with Gasteiger partial charge in [-0.1, -0.05) is 0 Å². The Morgan fingerprint density at radius 3 is 2.64 bits per heavy atom. The van der Waals surface area contributed by atoms with Crippen LogP contribution < -0.4 is 11.1 Å². The van der Waals surface area contributed by atoms with Gasteiger partial charge in [-0.25, -0.2) is 0 Å². The molecule has 1 fully saturated rings. The fraction of sp³-hybridized carbons (Fsp3) is 0.438. The molecule has 0 bridgehead atoms. The van der Waals surface area contributed by atoms with Crippen molar-refractivity contribution in [2.24, 2.45) is 5.73 Å². The van der Waals surface area contributed by atoms with Gasteiger partial charge in [0.25, 0.3) is 0 Å². The molecule has 0 aliphatic carbocycles. The second-order valence-electron chi connectivity index (χ2n) is 5.59. The second-order valence-corrected chi connectivity index (χ2v) is 5.59. The normalized spacial score (nSPS) is 16.0. The molecular formula is C16H20N4O2. The number of anilines is 1. The third-order valence-electron chi connectivity index (χ3n) is 3.85. The fourth-order valence-corrected chi connectivity index (χ4v) is 2.72. The molecule has 0 radical (unpaired) electrons. The molecular weight excluding hydrogens is 280 g/mol. The third-order valence-corrected chi connectivity index (χ3v) is 3.85. The standard InChI is InChI=1S/C16H20N4O2/c1-11(21)14-3-2-12(9-17)8-15(14)19-13-4-6-20(7-5-13)10-16(18)22/h2-3,8,13,19H,4-7,10H2,1H3,(H2,18,22). The molecule has 1 saturated heterocycles. The van der Waals surface area contributed by atoms with Crippen molar-refractivity contribution in [2.75, 3.05) is 25.0 Å². The molecule has 116 valence electrons. The molecule has 1 aliphatic heterocycles. The Labute approximate surface area is 129 Å². The maximum Gasteiger partial charge on any atom is 0.231 e. The summed E-state index contributed by atoms with van der Waals surface area (Å²) in [7, 11) is 0. The number of ketones is 1. The quantitative estimate of drug-likeness (QED) is 0.794. The predicted octanol–water partition coefficient (Wildman–Crippen LogP) is 1.12. The van der Waals surface area contributed by atoms with E-state index >= 15 is 0 Å².